The van der Waals surface area contributed by atoms with Gasteiger partial charge in [0.2, 0.25) is 0 Å². The third-order valence-electron chi connectivity index (χ3n) is 6.61. The third-order valence-corrected chi connectivity index (χ3v) is 6.61. The second kappa shape index (κ2) is 6.89. The van der Waals surface area contributed by atoms with Crippen LogP contribution in [-0.4, -0.2) is 32.3 Å². The first-order chi connectivity index (χ1) is 14.5. The van der Waals surface area contributed by atoms with Gasteiger partial charge in [-0.15, -0.1) is 0 Å². The molecule has 1 amide bonds. The Morgan fingerprint density at radius 2 is 1.97 bits per heavy atom. The van der Waals surface area contributed by atoms with Crippen LogP contribution in [0.5, 0.6) is 0 Å². The first kappa shape index (κ1) is 18.7. The second-order valence-electron chi connectivity index (χ2n) is 8.20. The van der Waals surface area contributed by atoms with Crippen LogP contribution in [0.2, 0.25) is 0 Å². The van der Waals surface area contributed by atoms with Crippen molar-refractivity contribution >= 4 is 17.0 Å². The number of carbonyl (C=O) groups is 1. The highest BCUT2D eigenvalue weighted by molar-refractivity contribution is 5.87. The number of aromatic nitrogens is 1. The number of nitriles is 1. The van der Waals surface area contributed by atoms with Gasteiger partial charge in [-0.2, -0.15) is 5.26 Å². The van der Waals surface area contributed by atoms with Crippen LogP contribution in [0.25, 0.3) is 10.9 Å². The van der Waals surface area contributed by atoms with Gasteiger partial charge in [0.15, 0.2) is 5.60 Å². The molecule has 3 aromatic rings. The van der Waals surface area contributed by atoms with E-state index in [0.717, 1.165) is 27.7 Å². The number of hydrogen-bond acceptors (Lipinski definition) is 4. The summed E-state index contributed by atoms with van der Waals surface area (Å²) in [7, 11) is 2.01. The standard InChI is InChI=1S/C24H23N3O3/c1-26-19-10-6-5-9-17(19)18-13-21-24(29,15-25)12-11-20(22(18)26)27(21)23(28)30-14-16-7-3-2-4-8-16/h2-10,20-21,29H,11-14H2,1H3/t20-,21-,24?/m0/s1. The lowest BCUT2D eigenvalue weighted by Gasteiger charge is -2.50. The Kier molecular flexibility index (Phi) is 4.30. The highest BCUT2D eigenvalue weighted by Crippen LogP contribution is 2.48. The molecule has 5 rings (SSSR count). The number of ether oxygens (including phenoxy) is 1. The maximum atomic E-state index is 13.2. The number of aliphatic hydroxyl groups is 1. The van der Waals surface area contributed by atoms with Crippen LogP contribution >= 0.6 is 0 Å². The molecule has 0 aliphatic carbocycles. The maximum absolute atomic E-state index is 13.2. The number of fused-ring (bicyclic) bond motifs is 6. The normalized spacial score (nSPS) is 24.9. The van der Waals surface area contributed by atoms with Crippen molar-refractivity contribution in [2.45, 2.75) is 43.6 Å². The molecule has 30 heavy (non-hydrogen) atoms. The molecule has 2 aliphatic heterocycles. The average molecular weight is 401 g/mol. The Balaban J connectivity index is 1.55. The number of amides is 1. The lowest BCUT2D eigenvalue weighted by molar-refractivity contribution is -0.0693. The summed E-state index contributed by atoms with van der Waals surface area (Å²) in [4.78, 5) is 14.8. The molecular weight excluding hydrogens is 378 g/mol. The highest BCUT2D eigenvalue weighted by atomic mass is 16.6. The molecular formula is C24H23N3O3. The van der Waals surface area contributed by atoms with E-state index in [9.17, 15) is 15.2 Å². The molecule has 2 bridgehead atoms. The van der Waals surface area contributed by atoms with Crippen LogP contribution in [0.1, 0.15) is 35.7 Å². The molecule has 1 N–H and O–H groups in total. The van der Waals surface area contributed by atoms with Crippen LogP contribution in [0, 0.1) is 11.3 Å². The molecule has 1 saturated heterocycles. The molecule has 2 aromatic carbocycles. The van der Waals surface area contributed by atoms with Crippen molar-refractivity contribution in [3.63, 3.8) is 0 Å². The molecule has 3 atom stereocenters. The van der Waals surface area contributed by atoms with E-state index < -0.39 is 17.7 Å². The zero-order valence-electron chi connectivity index (χ0n) is 16.8. The SMILES string of the molecule is Cn1c2c(c3ccccc31)C[C@@H]1N(C(=O)OCc3ccccc3)[C@H]2CCC1(O)C#N. The zero-order chi connectivity index (χ0) is 20.9. The topological polar surface area (TPSA) is 78.5 Å². The van der Waals surface area contributed by atoms with Gasteiger partial charge in [-0.05, 0) is 36.5 Å². The van der Waals surface area contributed by atoms with Gasteiger partial charge < -0.3 is 14.4 Å². The summed E-state index contributed by atoms with van der Waals surface area (Å²) in [5.74, 6) is 0. The summed E-state index contributed by atoms with van der Waals surface area (Å²) in [5.41, 5.74) is 2.59. The van der Waals surface area contributed by atoms with Gasteiger partial charge in [0, 0.05) is 23.6 Å². The summed E-state index contributed by atoms with van der Waals surface area (Å²) in [6.07, 6.45) is 0.788. The monoisotopic (exact) mass is 401 g/mol. The third kappa shape index (κ3) is 2.70. The summed E-state index contributed by atoms with van der Waals surface area (Å²) >= 11 is 0. The quantitative estimate of drug-likeness (QED) is 0.662. The summed E-state index contributed by atoms with van der Waals surface area (Å²) < 4.78 is 7.77. The molecule has 0 radical (unpaired) electrons. The molecule has 3 heterocycles. The Labute approximate surface area is 174 Å². The number of benzene rings is 2. The zero-order valence-corrected chi connectivity index (χ0v) is 16.8. The van der Waals surface area contributed by atoms with E-state index in [1.54, 1.807) is 4.90 Å². The predicted octanol–water partition coefficient (Wildman–Crippen LogP) is 3.83. The smallest absolute Gasteiger partial charge is 0.411 e. The van der Waals surface area contributed by atoms with Crippen LogP contribution in [-0.2, 0) is 24.8 Å². The fourth-order valence-corrected chi connectivity index (χ4v) is 5.15. The average Bonchev–Trinajstić information content (AvgIpc) is 3.07. The van der Waals surface area contributed by atoms with Crippen LogP contribution < -0.4 is 0 Å². The van der Waals surface area contributed by atoms with Crippen molar-refractivity contribution in [2.24, 2.45) is 7.05 Å². The van der Waals surface area contributed by atoms with E-state index in [4.69, 9.17) is 4.74 Å². The second-order valence-corrected chi connectivity index (χ2v) is 8.20. The summed E-state index contributed by atoms with van der Waals surface area (Å²) in [5, 5.41) is 22.0. The maximum Gasteiger partial charge on any atom is 0.411 e. The minimum Gasteiger partial charge on any atom is -0.445 e. The number of hydrogen-bond donors (Lipinski definition) is 1. The van der Waals surface area contributed by atoms with Crippen LogP contribution in [0.3, 0.4) is 0 Å². The largest absolute Gasteiger partial charge is 0.445 e. The molecule has 6 heteroatoms. The first-order valence-electron chi connectivity index (χ1n) is 10.2. The minimum atomic E-state index is -1.59. The Bertz CT molecular complexity index is 1160. The van der Waals surface area contributed by atoms with E-state index in [1.807, 2.05) is 49.5 Å². The predicted molar refractivity (Wildman–Crippen MR) is 111 cm³/mol. The molecule has 2 aliphatic rings. The van der Waals surface area contributed by atoms with Gasteiger partial charge in [0.05, 0.1) is 18.2 Å². The van der Waals surface area contributed by atoms with Crippen LogP contribution in [0.15, 0.2) is 54.6 Å². The molecule has 152 valence electrons. The fraction of sp³-hybridized carbons (Fsp3) is 0.333. The lowest BCUT2D eigenvalue weighted by Crippen LogP contribution is -2.62. The van der Waals surface area contributed by atoms with Crippen molar-refractivity contribution in [1.29, 1.82) is 5.26 Å². The van der Waals surface area contributed by atoms with Gasteiger partial charge in [-0.1, -0.05) is 48.5 Å². The van der Waals surface area contributed by atoms with E-state index >= 15 is 0 Å². The lowest BCUT2D eigenvalue weighted by atomic mass is 9.74. The Morgan fingerprint density at radius 3 is 2.73 bits per heavy atom. The minimum absolute atomic E-state index is 0.155. The number of aryl methyl sites for hydroxylation is 1. The van der Waals surface area contributed by atoms with Gasteiger partial charge in [0.25, 0.3) is 0 Å². The number of carbonyl (C=O) groups excluding carboxylic acids is 1. The van der Waals surface area contributed by atoms with Crippen molar-refractivity contribution in [1.82, 2.24) is 9.47 Å². The molecule has 1 unspecified atom stereocenters. The van der Waals surface area contributed by atoms with Gasteiger partial charge >= 0.3 is 6.09 Å². The molecule has 0 spiro atoms. The van der Waals surface area contributed by atoms with Crippen molar-refractivity contribution in [3.8, 4) is 6.07 Å². The molecule has 1 aromatic heterocycles. The number of piperidine rings is 1. The first-order valence-corrected chi connectivity index (χ1v) is 10.2. The number of para-hydroxylation sites is 1. The van der Waals surface area contributed by atoms with E-state index in [0.29, 0.717) is 19.3 Å². The van der Waals surface area contributed by atoms with E-state index in [-0.39, 0.29) is 12.6 Å². The van der Waals surface area contributed by atoms with Crippen LogP contribution in [0.4, 0.5) is 4.79 Å². The number of rotatable bonds is 2. The number of nitrogens with zero attached hydrogens (tertiary/aromatic N) is 3. The molecule has 1 fully saturated rings. The van der Waals surface area contributed by atoms with Crippen molar-refractivity contribution in [3.05, 3.63) is 71.4 Å². The van der Waals surface area contributed by atoms with E-state index in [2.05, 4.69) is 22.8 Å². The van der Waals surface area contributed by atoms with Crippen molar-refractivity contribution in [2.75, 3.05) is 0 Å². The van der Waals surface area contributed by atoms with Gasteiger partial charge in [-0.3, -0.25) is 4.90 Å². The fourth-order valence-electron chi connectivity index (χ4n) is 5.15. The molecule has 0 saturated carbocycles. The Hall–Kier alpha value is -3.30. The Morgan fingerprint density at radius 1 is 1.23 bits per heavy atom. The molecule has 6 nitrogen and oxygen atoms in total. The van der Waals surface area contributed by atoms with Gasteiger partial charge in [-0.25, -0.2) is 4.79 Å². The summed E-state index contributed by atoms with van der Waals surface area (Å²) in [6.45, 7) is 0.155. The highest BCUT2D eigenvalue weighted by Gasteiger charge is 2.54. The van der Waals surface area contributed by atoms with E-state index in [1.165, 1.54) is 0 Å². The summed E-state index contributed by atoms with van der Waals surface area (Å²) in [6, 6.07) is 18.8. The van der Waals surface area contributed by atoms with Crippen molar-refractivity contribution < 1.29 is 14.6 Å². The van der Waals surface area contributed by atoms with Gasteiger partial charge in [0.1, 0.15) is 6.61 Å².